The Bertz CT molecular complexity index is 865. The second-order valence-electron chi connectivity index (χ2n) is 5.51. The molecule has 0 aliphatic heterocycles. The molecule has 0 saturated carbocycles. The summed E-state index contributed by atoms with van der Waals surface area (Å²) >= 11 is 0. The van der Waals surface area contributed by atoms with E-state index in [9.17, 15) is 9.18 Å². The summed E-state index contributed by atoms with van der Waals surface area (Å²) < 4.78 is 18.8. The highest BCUT2D eigenvalue weighted by Crippen LogP contribution is 2.24. The van der Waals surface area contributed by atoms with E-state index in [4.69, 9.17) is 5.73 Å². The predicted molar refractivity (Wildman–Crippen MR) is 90.5 cm³/mol. The smallest absolute Gasteiger partial charge is 0.409 e. The number of aromatic nitrogens is 3. The summed E-state index contributed by atoms with van der Waals surface area (Å²) in [6, 6.07) is 14.1. The summed E-state index contributed by atoms with van der Waals surface area (Å²) in [4.78, 5) is 15.0. The van der Waals surface area contributed by atoms with E-state index in [0.29, 0.717) is 12.2 Å². The number of nitrogens with two attached hydrogens (primary N) is 1. The number of aryl methyl sites for hydroxylation is 2. The number of carbonyl (C=O) groups is 1. The number of nitrogens with zero attached hydrogens (tertiary/aromatic N) is 2. The second-order valence-corrected chi connectivity index (χ2v) is 5.51. The molecule has 3 aromatic rings. The summed E-state index contributed by atoms with van der Waals surface area (Å²) in [6.07, 6.45) is 1.56. The van der Waals surface area contributed by atoms with Gasteiger partial charge in [0.25, 0.3) is 0 Å². The van der Waals surface area contributed by atoms with Crippen LogP contribution in [0.25, 0.3) is 11.4 Å². The molecule has 0 fully saturated rings. The summed E-state index contributed by atoms with van der Waals surface area (Å²) in [6.45, 7) is 0. The third kappa shape index (κ3) is 4.41. The van der Waals surface area contributed by atoms with Gasteiger partial charge in [0, 0.05) is 12.5 Å². The fourth-order valence-corrected chi connectivity index (χ4v) is 2.49. The maximum absolute atomic E-state index is 14.1. The van der Waals surface area contributed by atoms with Crippen molar-refractivity contribution in [3.63, 3.8) is 0 Å². The summed E-state index contributed by atoms with van der Waals surface area (Å²) in [5, 5.41) is 6.89. The molecule has 0 saturated heterocycles. The van der Waals surface area contributed by atoms with Gasteiger partial charge in [-0.15, -0.1) is 0 Å². The van der Waals surface area contributed by atoms with Gasteiger partial charge in [-0.25, -0.2) is 14.2 Å². The van der Waals surface area contributed by atoms with Crippen molar-refractivity contribution >= 4 is 6.09 Å². The van der Waals surface area contributed by atoms with Crippen LogP contribution in [0, 0.1) is 5.82 Å². The molecule has 0 unspecified atom stereocenters. The van der Waals surface area contributed by atoms with E-state index >= 15 is 0 Å². The fourth-order valence-electron chi connectivity index (χ4n) is 2.49. The van der Waals surface area contributed by atoms with E-state index in [2.05, 4.69) is 32.1 Å². The molecule has 25 heavy (non-hydrogen) atoms. The Balaban J connectivity index is 1.64. The second kappa shape index (κ2) is 7.57. The molecule has 7 heteroatoms. The lowest BCUT2D eigenvalue weighted by Gasteiger charge is -2.03. The van der Waals surface area contributed by atoms with E-state index < -0.39 is 11.9 Å². The Hall–Kier alpha value is -3.22. The lowest BCUT2D eigenvalue weighted by atomic mass is 10.1. The zero-order valence-electron chi connectivity index (χ0n) is 13.4. The van der Waals surface area contributed by atoms with Crippen molar-refractivity contribution in [1.29, 1.82) is 0 Å². The summed E-state index contributed by atoms with van der Waals surface area (Å²) in [5.74, 6) is 0.404. The molecule has 0 spiro atoms. The zero-order chi connectivity index (χ0) is 17.6. The van der Waals surface area contributed by atoms with E-state index in [1.807, 2.05) is 18.2 Å². The first-order chi connectivity index (χ1) is 12.1. The number of aromatic amines is 1. The first kappa shape index (κ1) is 16.6. The van der Waals surface area contributed by atoms with Crippen LogP contribution in [0.2, 0.25) is 0 Å². The van der Waals surface area contributed by atoms with Gasteiger partial charge in [0.1, 0.15) is 17.4 Å². The predicted octanol–water partition coefficient (Wildman–Crippen LogP) is 3.24. The van der Waals surface area contributed by atoms with Crippen LogP contribution in [-0.4, -0.2) is 21.3 Å². The van der Waals surface area contributed by atoms with Gasteiger partial charge in [-0.3, -0.25) is 5.10 Å². The van der Waals surface area contributed by atoms with Crippen molar-refractivity contribution < 1.29 is 13.9 Å². The molecule has 0 atom stereocenters. The number of H-pyrrole nitrogens is 1. The van der Waals surface area contributed by atoms with Gasteiger partial charge in [0.05, 0.1) is 5.56 Å². The maximum atomic E-state index is 14.1. The molecule has 128 valence electrons. The Morgan fingerprint density at radius 1 is 1.16 bits per heavy atom. The first-order valence-corrected chi connectivity index (χ1v) is 7.84. The molecular weight excluding hydrogens is 323 g/mol. The van der Waals surface area contributed by atoms with Crippen molar-refractivity contribution in [3.05, 3.63) is 65.7 Å². The molecule has 3 rings (SSSR count). The SMILES string of the molecule is NC(=O)Oc1ccc(-c2n[nH]c(CCCc3ccccc3)n2)c(F)c1. The normalized spacial score (nSPS) is 10.6. The molecule has 0 aliphatic rings. The van der Waals surface area contributed by atoms with Gasteiger partial charge in [0.2, 0.25) is 0 Å². The van der Waals surface area contributed by atoms with Crippen LogP contribution in [0.5, 0.6) is 5.75 Å². The van der Waals surface area contributed by atoms with Gasteiger partial charge >= 0.3 is 6.09 Å². The van der Waals surface area contributed by atoms with Crippen molar-refractivity contribution in [2.24, 2.45) is 5.73 Å². The highest BCUT2D eigenvalue weighted by Gasteiger charge is 2.13. The number of nitrogens with one attached hydrogen (secondary N) is 1. The van der Waals surface area contributed by atoms with Crippen molar-refractivity contribution in [1.82, 2.24) is 15.2 Å². The minimum absolute atomic E-state index is 0.0346. The largest absolute Gasteiger partial charge is 0.410 e. The number of benzene rings is 2. The molecule has 0 radical (unpaired) electrons. The molecule has 3 N–H and O–H groups in total. The molecule has 0 bridgehead atoms. The highest BCUT2D eigenvalue weighted by molar-refractivity contribution is 5.68. The lowest BCUT2D eigenvalue weighted by molar-refractivity contribution is 0.210. The number of primary amides is 1. The van der Waals surface area contributed by atoms with Crippen molar-refractivity contribution in [2.45, 2.75) is 19.3 Å². The third-order valence-electron chi connectivity index (χ3n) is 3.65. The Morgan fingerprint density at radius 2 is 1.96 bits per heavy atom. The molecule has 2 aromatic carbocycles. The minimum atomic E-state index is -0.995. The maximum Gasteiger partial charge on any atom is 0.409 e. The number of amides is 1. The van der Waals surface area contributed by atoms with Gasteiger partial charge < -0.3 is 10.5 Å². The third-order valence-corrected chi connectivity index (χ3v) is 3.65. The van der Waals surface area contributed by atoms with Gasteiger partial charge in [-0.1, -0.05) is 30.3 Å². The highest BCUT2D eigenvalue weighted by atomic mass is 19.1. The molecule has 6 nitrogen and oxygen atoms in total. The standard InChI is InChI=1S/C18H17FN4O2/c19-15-11-13(25-18(20)24)9-10-14(15)17-21-16(22-23-17)8-4-7-12-5-2-1-3-6-12/h1-3,5-6,9-11H,4,7-8H2,(H2,20,24)(H,21,22,23). The Kier molecular flexibility index (Phi) is 5.03. The average Bonchev–Trinajstić information content (AvgIpc) is 3.04. The number of hydrogen-bond donors (Lipinski definition) is 2. The zero-order valence-corrected chi connectivity index (χ0v) is 13.4. The van der Waals surface area contributed by atoms with Crippen LogP contribution in [0.15, 0.2) is 48.5 Å². The van der Waals surface area contributed by atoms with Crippen LogP contribution in [-0.2, 0) is 12.8 Å². The van der Waals surface area contributed by atoms with Crippen LogP contribution < -0.4 is 10.5 Å². The van der Waals surface area contributed by atoms with E-state index in [-0.39, 0.29) is 17.1 Å². The number of carbonyl (C=O) groups excluding carboxylic acids is 1. The van der Waals surface area contributed by atoms with E-state index in [0.717, 1.165) is 18.9 Å². The van der Waals surface area contributed by atoms with E-state index in [1.54, 1.807) is 0 Å². The quantitative estimate of drug-likeness (QED) is 0.720. The van der Waals surface area contributed by atoms with Gasteiger partial charge in [-0.2, -0.15) is 5.10 Å². The van der Waals surface area contributed by atoms with Crippen LogP contribution >= 0.6 is 0 Å². The number of hydrogen-bond acceptors (Lipinski definition) is 4. The van der Waals surface area contributed by atoms with Crippen molar-refractivity contribution in [2.75, 3.05) is 0 Å². The Labute approximate surface area is 143 Å². The summed E-state index contributed by atoms with van der Waals surface area (Å²) in [7, 11) is 0. The topological polar surface area (TPSA) is 93.9 Å². The van der Waals surface area contributed by atoms with Gasteiger partial charge in [0.15, 0.2) is 5.82 Å². The number of rotatable bonds is 6. The Morgan fingerprint density at radius 3 is 2.68 bits per heavy atom. The van der Waals surface area contributed by atoms with Crippen LogP contribution in [0.1, 0.15) is 17.8 Å². The van der Waals surface area contributed by atoms with E-state index in [1.165, 1.54) is 17.7 Å². The minimum Gasteiger partial charge on any atom is -0.410 e. The molecular formula is C18H17FN4O2. The molecule has 1 aromatic heterocycles. The fraction of sp³-hybridized carbons (Fsp3) is 0.167. The molecule has 1 amide bonds. The number of halogens is 1. The first-order valence-electron chi connectivity index (χ1n) is 7.84. The summed E-state index contributed by atoms with van der Waals surface area (Å²) in [5.41, 5.74) is 6.39. The number of ether oxygens (including phenoxy) is 1. The monoisotopic (exact) mass is 340 g/mol. The van der Waals surface area contributed by atoms with Crippen LogP contribution in [0.3, 0.4) is 0 Å². The average molecular weight is 340 g/mol. The van der Waals surface area contributed by atoms with Crippen molar-refractivity contribution in [3.8, 4) is 17.1 Å². The molecule has 0 aliphatic carbocycles. The molecule has 1 heterocycles. The van der Waals surface area contributed by atoms with Crippen LogP contribution in [0.4, 0.5) is 9.18 Å². The van der Waals surface area contributed by atoms with Gasteiger partial charge in [-0.05, 0) is 30.5 Å². The lowest BCUT2D eigenvalue weighted by Crippen LogP contribution is -2.16.